The smallest absolute Gasteiger partial charge is 0.341 e. The second kappa shape index (κ2) is 6.16. The van der Waals surface area contributed by atoms with E-state index in [-0.39, 0.29) is 11.5 Å². The molecule has 7 heteroatoms. The topological polar surface area (TPSA) is 89.9 Å². The number of H-pyrrole nitrogens is 1. The number of hydrogen-bond acceptors (Lipinski definition) is 5. The Hall–Kier alpha value is -2.96. The molecule has 0 aliphatic heterocycles. The number of benzene rings is 1. The van der Waals surface area contributed by atoms with Crippen LogP contribution >= 0.6 is 0 Å². The van der Waals surface area contributed by atoms with Crippen molar-refractivity contribution in [1.82, 2.24) is 19.7 Å². The van der Waals surface area contributed by atoms with Gasteiger partial charge in [0, 0.05) is 6.20 Å². The van der Waals surface area contributed by atoms with Crippen LogP contribution in [0.1, 0.15) is 41.3 Å². The zero-order chi connectivity index (χ0) is 17.4. The molecule has 0 radical (unpaired) electrons. The Morgan fingerprint density at radius 2 is 2.04 bits per heavy atom. The van der Waals surface area contributed by atoms with E-state index >= 15 is 0 Å². The van der Waals surface area contributed by atoms with Crippen molar-refractivity contribution in [2.45, 2.75) is 32.6 Å². The number of ether oxygens (including phenoxy) is 1. The van der Waals surface area contributed by atoms with Crippen molar-refractivity contribution >= 4 is 16.9 Å². The average molecular weight is 338 g/mol. The highest BCUT2D eigenvalue weighted by molar-refractivity contribution is 5.88. The number of hydrogen-bond donors (Lipinski definition) is 1. The maximum absolute atomic E-state index is 12.5. The number of fused-ring (bicyclic) bond motifs is 2. The van der Waals surface area contributed by atoms with E-state index < -0.39 is 5.97 Å². The summed E-state index contributed by atoms with van der Waals surface area (Å²) in [5.74, 6) is -0.172. The fourth-order valence-electron chi connectivity index (χ4n) is 3.22. The highest BCUT2D eigenvalue weighted by Crippen LogP contribution is 2.24. The van der Waals surface area contributed by atoms with Gasteiger partial charge in [-0.3, -0.25) is 9.78 Å². The molecule has 1 aliphatic rings. The molecule has 0 atom stereocenters. The Labute approximate surface area is 143 Å². The molecule has 128 valence electrons. The number of carbonyl (C=O) groups is 1. The molecule has 0 unspecified atom stereocenters. The number of aryl methyl sites for hydroxylation is 2. The second-order valence-electron chi connectivity index (χ2n) is 6.13. The van der Waals surface area contributed by atoms with Crippen LogP contribution in [0.5, 0.6) is 0 Å². The Morgan fingerprint density at radius 3 is 2.80 bits per heavy atom. The minimum Gasteiger partial charge on any atom is -0.462 e. The molecule has 0 fully saturated rings. The van der Waals surface area contributed by atoms with Crippen molar-refractivity contribution in [3.63, 3.8) is 0 Å². The van der Waals surface area contributed by atoms with Crippen molar-refractivity contribution < 1.29 is 9.53 Å². The molecule has 7 nitrogen and oxygen atoms in total. The first-order valence-electron chi connectivity index (χ1n) is 8.43. The molecule has 1 aromatic carbocycles. The SMILES string of the molecule is CCOC(=O)c1cnn(-c2nc3cc4c(cc3c(=O)[nH]2)CCCC4)c1. The summed E-state index contributed by atoms with van der Waals surface area (Å²) in [6.07, 6.45) is 7.25. The van der Waals surface area contributed by atoms with Gasteiger partial charge >= 0.3 is 5.97 Å². The van der Waals surface area contributed by atoms with Gasteiger partial charge in [0.15, 0.2) is 0 Å². The summed E-state index contributed by atoms with van der Waals surface area (Å²) >= 11 is 0. The summed E-state index contributed by atoms with van der Waals surface area (Å²) in [6.45, 7) is 2.03. The van der Waals surface area contributed by atoms with E-state index in [4.69, 9.17) is 4.74 Å². The van der Waals surface area contributed by atoms with Crippen LogP contribution in [0.25, 0.3) is 16.9 Å². The Balaban J connectivity index is 1.78. The summed E-state index contributed by atoms with van der Waals surface area (Å²) in [5.41, 5.74) is 3.25. The zero-order valence-corrected chi connectivity index (χ0v) is 13.9. The van der Waals surface area contributed by atoms with Crippen LogP contribution in [-0.4, -0.2) is 32.3 Å². The number of rotatable bonds is 3. The average Bonchev–Trinajstić information content (AvgIpc) is 3.11. The molecule has 0 spiro atoms. The van der Waals surface area contributed by atoms with Crippen LogP contribution in [0.15, 0.2) is 29.3 Å². The number of aromatic nitrogens is 4. The lowest BCUT2D eigenvalue weighted by Gasteiger charge is -2.16. The van der Waals surface area contributed by atoms with Gasteiger partial charge in [0.1, 0.15) is 0 Å². The minimum atomic E-state index is -0.453. The molecule has 25 heavy (non-hydrogen) atoms. The van der Waals surface area contributed by atoms with Gasteiger partial charge in [-0.15, -0.1) is 0 Å². The number of nitrogens with one attached hydrogen (secondary N) is 1. The lowest BCUT2D eigenvalue weighted by Crippen LogP contribution is -2.15. The van der Waals surface area contributed by atoms with Crippen molar-refractivity contribution in [3.8, 4) is 5.95 Å². The molecule has 2 aromatic heterocycles. The second-order valence-corrected chi connectivity index (χ2v) is 6.13. The third kappa shape index (κ3) is 2.82. The number of carbonyl (C=O) groups excluding carboxylic acids is 1. The molecule has 4 rings (SSSR count). The van der Waals surface area contributed by atoms with Gasteiger partial charge in [-0.2, -0.15) is 5.10 Å². The molecule has 0 saturated carbocycles. The van der Waals surface area contributed by atoms with E-state index in [0.717, 1.165) is 25.7 Å². The van der Waals surface area contributed by atoms with Crippen LogP contribution in [0, 0.1) is 0 Å². The maximum Gasteiger partial charge on any atom is 0.341 e. The van der Waals surface area contributed by atoms with Gasteiger partial charge in [0.25, 0.3) is 5.56 Å². The van der Waals surface area contributed by atoms with Crippen LogP contribution in [0.3, 0.4) is 0 Å². The fraction of sp³-hybridized carbons (Fsp3) is 0.333. The van der Waals surface area contributed by atoms with E-state index in [1.807, 2.05) is 12.1 Å². The standard InChI is InChI=1S/C18H18N4O3/c1-2-25-17(24)13-9-19-22(10-13)18-20-15-8-12-6-4-3-5-11(12)7-14(15)16(23)21-18/h7-10H,2-6H2,1H3,(H,20,21,23). The third-order valence-electron chi connectivity index (χ3n) is 4.47. The highest BCUT2D eigenvalue weighted by Gasteiger charge is 2.15. The van der Waals surface area contributed by atoms with E-state index in [0.29, 0.717) is 23.1 Å². The lowest BCUT2D eigenvalue weighted by atomic mass is 9.90. The van der Waals surface area contributed by atoms with Crippen molar-refractivity contribution in [2.24, 2.45) is 0 Å². The highest BCUT2D eigenvalue weighted by atomic mass is 16.5. The predicted octanol–water partition coefficient (Wildman–Crippen LogP) is 2.16. The van der Waals surface area contributed by atoms with Crippen LogP contribution in [-0.2, 0) is 17.6 Å². The molecule has 3 aromatic rings. The van der Waals surface area contributed by atoms with Gasteiger partial charge in [-0.25, -0.2) is 14.5 Å². The molecule has 2 heterocycles. The molecular weight excluding hydrogens is 320 g/mol. The molecular formula is C18H18N4O3. The quantitative estimate of drug-likeness (QED) is 0.739. The number of nitrogens with zero attached hydrogens (tertiary/aromatic N) is 3. The molecule has 1 aliphatic carbocycles. The summed E-state index contributed by atoms with van der Waals surface area (Å²) in [4.78, 5) is 31.5. The number of aromatic amines is 1. The molecule has 0 saturated heterocycles. The third-order valence-corrected chi connectivity index (χ3v) is 4.47. The maximum atomic E-state index is 12.5. The summed E-state index contributed by atoms with van der Waals surface area (Å²) < 4.78 is 6.33. The Bertz CT molecular complexity index is 1020. The van der Waals surface area contributed by atoms with Gasteiger partial charge in [0.2, 0.25) is 5.95 Å². The van der Waals surface area contributed by atoms with Crippen LogP contribution < -0.4 is 5.56 Å². The zero-order valence-electron chi connectivity index (χ0n) is 13.9. The Kier molecular flexibility index (Phi) is 3.83. The van der Waals surface area contributed by atoms with Crippen molar-refractivity contribution in [2.75, 3.05) is 6.61 Å². The Morgan fingerprint density at radius 1 is 1.28 bits per heavy atom. The first-order valence-corrected chi connectivity index (χ1v) is 8.43. The van der Waals surface area contributed by atoms with Gasteiger partial charge in [-0.1, -0.05) is 0 Å². The van der Waals surface area contributed by atoms with Crippen LogP contribution in [0.2, 0.25) is 0 Å². The first kappa shape index (κ1) is 15.6. The molecule has 1 N–H and O–H groups in total. The van der Waals surface area contributed by atoms with Crippen molar-refractivity contribution in [1.29, 1.82) is 0 Å². The summed E-state index contributed by atoms with van der Waals surface area (Å²) in [5, 5.41) is 4.69. The van der Waals surface area contributed by atoms with E-state index in [1.54, 1.807) is 6.92 Å². The minimum absolute atomic E-state index is 0.207. The van der Waals surface area contributed by atoms with E-state index in [9.17, 15) is 9.59 Å². The summed E-state index contributed by atoms with van der Waals surface area (Å²) in [6, 6.07) is 3.95. The van der Waals surface area contributed by atoms with Crippen molar-refractivity contribution in [3.05, 3.63) is 51.6 Å². The van der Waals surface area contributed by atoms with Gasteiger partial charge in [-0.05, 0) is 55.9 Å². The van der Waals surface area contributed by atoms with E-state index in [2.05, 4.69) is 15.1 Å². The predicted molar refractivity (Wildman–Crippen MR) is 92.1 cm³/mol. The first-order chi connectivity index (χ1) is 12.2. The number of esters is 1. The largest absolute Gasteiger partial charge is 0.462 e. The summed E-state index contributed by atoms with van der Waals surface area (Å²) in [7, 11) is 0. The fourth-order valence-corrected chi connectivity index (χ4v) is 3.22. The van der Waals surface area contributed by atoms with Gasteiger partial charge < -0.3 is 4.74 Å². The molecule has 0 amide bonds. The lowest BCUT2D eigenvalue weighted by molar-refractivity contribution is 0.0526. The molecule has 0 bridgehead atoms. The van der Waals surface area contributed by atoms with E-state index in [1.165, 1.54) is 28.2 Å². The van der Waals surface area contributed by atoms with Gasteiger partial charge in [0.05, 0.1) is 29.3 Å². The monoisotopic (exact) mass is 338 g/mol. The van der Waals surface area contributed by atoms with Crippen LogP contribution in [0.4, 0.5) is 0 Å². The normalized spacial score (nSPS) is 13.6.